The van der Waals surface area contributed by atoms with Crippen molar-refractivity contribution in [3.63, 3.8) is 0 Å². The first kappa shape index (κ1) is 15.2. The van der Waals surface area contributed by atoms with Crippen LogP contribution in [0.15, 0.2) is 0 Å². The summed E-state index contributed by atoms with van der Waals surface area (Å²) in [5.41, 5.74) is 0. The quantitative estimate of drug-likeness (QED) is 0.797. The van der Waals surface area contributed by atoms with Gasteiger partial charge < -0.3 is 15.5 Å². The summed E-state index contributed by atoms with van der Waals surface area (Å²) in [6.45, 7) is 9.15. The van der Waals surface area contributed by atoms with Crippen molar-refractivity contribution >= 4 is 22.4 Å². The van der Waals surface area contributed by atoms with E-state index < -0.39 is 0 Å². The molecule has 0 aromatic carbocycles. The normalized spacial score (nSPS) is 19.2. The summed E-state index contributed by atoms with van der Waals surface area (Å²) >= 11 is 1.31. The van der Waals surface area contributed by atoms with Crippen LogP contribution in [0.25, 0.3) is 0 Å². The predicted molar refractivity (Wildman–Crippen MR) is 81.2 cm³/mol. The number of nitrogens with zero attached hydrogens (tertiary/aromatic N) is 3. The average molecular weight is 297 g/mol. The zero-order valence-electron chi connectivity index (χ0n) is 12.2. The third-order valence-electron chi connectivity index (χ3n) is 3.51. The van der Waals surface area contributed by atoms with Crippen molar-refractivity contribution in [2.45, 2.75) is 26.7 Å². The molecule has 1 saturated heterocycles. The first-order chi connectivity index (χ1) is 9.72. The van der Waals surface area contributed by atoms with E-state index in [1.165, 1.54) is 11.3 Å². The molecule has 0 aliphatic carbocycles. The molecule has 1 amide bonds. The largest absolute Gasteiger partial charge is 0.360 e. The molecule has 7 heteroatoms. The van der Waals surface area contributed by atoms with Crippen molar-refractivity contribution in [2.24, 2.45) is 5.92 Å². The van der Waals surface area contributed by atoms with Crippen molar-refractivity contribution < 1.29 is 4.79 Å². The third kappa shape index (κ3) is 4.14. The number of nitrogens with one attached hydrogen (secondary N) is 2. The molecule has 1 atom stereocenters. The van der Waals surface area contributed by atoms with Crippen LogP contribution in [-0.4, -0.2) is 53.7 Å². The maximum absolute atomic E-state index is 12.0. The maximum Gasteiger partial charge on any atom is 0.282 e. The van der Waals surface area contributed by atoms with Crippen molar-refractivity contribution in [2.75, 3.05) is 38.0 Å². The molecule has 6 nitrogen and oxygen atoms in total. The highest BCUT2D eigenvalue weighted by Crippen LogP contribution is 2.17. The van der Waals surface area contributed by atoms with E-state index in [-0.39, 0.29) is 5.91 Å². The number of hydrogen-bond acceptors (Lipinski definition) is 6. The summed E-state index contributed by atoms with van der Waals surface area (Å²) in [5, 5.41) is 15.2. The van der Waals surface area contributed by atoms with E-state index in [2.05, 4.69) is 39.6 Å². The number of carbonyl (C=O) groups excluding carboxylic acids is 1. The summed E-state index contributed by atoms with van der Waals surface area (Å²) in [6, 6.07) is 0. The minimum Gasteiger partial charge on any atom is -0.360 e. The molecule has 1 aliphatic rings. The van der Waals surface area contributed by atoms with Crippen LogP contribution in [0.4, 0.5) is 5.13 Å². The van der Waals surface area contributed by atoms with Gasteiger partial charge in [0.15, 0.2) is 0 Å². The summed E-state index contributed by atoms with van der Waals surface area (Å²) in [5.74, 6) is 0.450. The molecule has 0 spiro atoms. The van der Waals surface area contributed by atoms with Crippen molar-refractivity contribution in [3.8, 4) is 0 Å². The van der Waals surface area contributed by atoms with E-state index in [1.54, 1.807) is 0 Å². The van der Waals surface area contributed by atoms with Gasteiger partial charge in [-0.15, -0.1) is 10.2 Å². The monoisotopic (exact) mass is 297 g/mol. The van der Waals surface area contributed by atoms with Gasteiger partial charge in [0, 0.05) is 19.6 Å². The zero-order valence-corrected chi connectivity index (χ0v) is 13.0. The summed E-state index contributed by atoms with van der Waals surface area (Å²) in [6.07, 6.45) is 2.18. The van der Waals surface area contributed by atoms with Gasteiger partial charge in [0.2, 0.25) is 10.1 Å². The lowest BCUT2D eigenvalue weighted by Crippen LogP contribution is -2.30. The van der Waals surface area contributed by atoms with E-state index in [0.29, 0.717) is 10.9 Å². The van der Waals surface area contributed by atoms with Gasteiger partial charge in [-0.2, -0.15) is 0 Å². The van der Waals surface area contributed by atoms with Gasteiger partial charge in [-0.05, 0) is 31.8 Å². The second-order valence-electron chi connectivity index (χ2n) is 5.10. The standard InChI is InChI=1S/C13H23N5OS/c1-3-6-14-13-17-16-12(20-13)11(19)15-8-10-5-7-18(4-2)9-10/h10H,3-9H2,1-2H3,(H,14,17)(H,15,19). The van der Waals surface area contributed by atoms with Crippen LogP contribution in [-0.2, 0) is 0 Å². The fourth-order valence-corrected chi connectivity index (χ4v) is 2.98. The number of rotatable bonds is 7. The first-order valence-corrected chi connectivity index (χ1v) is 8.12. The Kier molecular flexibility index (Phi) is 5.72. The predicted octanol–water partition coefficient (Wildman–Crippen LogP) is 1.43. The second-order valence-corrected chi connectivity index (χ2v) is 6.07. The molecule has 1 aromatic rings. The van der Waals surface area contributed by atoms with Gasteiger partial charge in [0.25, 0.3) is 5.91 Å². The molecular formula is C13H23N5OS. The second kappa shape index (κ2) is 7.54. The van der Waals surface area contributed by atoms with E-state index in [9.17, 15) is 4.79 Å². The number of likely N-dealkylation sites (tertiary alicyclic amines) is 1. The van der Waals surface area contributed by atoms with Gasteiger partial charge in [-0.1, -0.05) is 25.2 Å². The number of carbonyl (C=O) groups is 1. The lowest BCUT2D eigenvalue weighted by molar-refractivity contribution is 0.0946. The van der Waals surface area contributed by atoms with E-state index in [0.717, 1.165) is 50.7 Å². The Hall–Kier alpha value is -1.21. The van der Waals surface area contributed by atoms with Crippen molar-refractivity contribution in [1.29, 1.82) is 0 Å². The number of aromatic nitrogens is 2. The number of amides is 1. The number of hydrogen-bond donors (Lipinski definition) is 2. The van der Waals surface area contributed by atoms with Gasteiger partial charge in [0.05, 0.1) is 0 Å². The number of anilines is 1. The summed E-state index contributed by atoms with van der Waals surface area (Å²) in [4.78, 5) is 14.4. The first-order valence-electron chi connectivity index (χ1n) is 7.30. The highest BCUT2D eigenvalue weighted by Gasteiger charge is 2.22. The molecule has 1 aromatic heterocycles. The Balaban J connectivity index is 1.75. The van der Waals surface area contributed by atoms with Crippen LogP contribution in [0.5, 0.6) is 0 Å². The Morgan fingerprint density at radius 2 is 2.30 bits per heavy atom. The molecule has 2 heterocycles. The molecule has 0 radical (unpaired) electrons. The molecule has 20 heavy (non-hydrogen) atoms. The van der Waals surface area contributed by atoms with E-state index >= 15 is 0 Å². The van der Waals surface area contributed by atoms with E-state index in [1.807, 2.05) is 0 Å². The third-order valence-corrected chi connectivity index (χ3v) is 4.39. The molecule has 1 fully saturated rings. The Morgan fingerprint density at radius 3 is 3.00 bits per heavy atom. The van der Waals surface area contributed by atoms with Crippen LogP contribution < -0.4 is 10.6 Å². The minimum atomic E-state index is -0.109. The Bertz CT molecular complexity index is 436. The van der Waals surface area contributed by atoms with Crippen LogP contribution >= 0.6 is 11.3 Å². The maximum atomic E-state index is 12.0. The molecule has 2 N–H and O–H groups in total. The topological polar surface area (TPSA) is 70.1 Å². The van der Waals surface area contributed by atoms with Crippen LogP contribution in [0.3, 0.4) is 0 Å². The molecular weight excluding hydrogens is 274 g/mol. The summed E-state index contributed by atoms with van der Waals surface area (Å²) in [7, 11) is 0. The van der Waals surface area contributed by atoms with Gasteiger partial charge >= 0.3 is 0 Å². The lowest BCUT2D eigenvalue weighted by Gasteiger charge is -2.13. The minimum absolute atomic E-state index is 0.109. The highest BCUT2D eigenvalue weighted by atomic mass is 32.1. The molecule has 0 saturated carbocycles. The van der Waals surface area contributed by atoms with E-state index in [4.69, 9.17) is 0 Å². The fraction of sp³-hybridized carbons (Fsp3) is 0.769. The van der Waals surface area contributed by atoms with Gasteiger partial charge in [0.1, 0.15) is 0 Å². The smallest absolute Gasteiger partial charge is 0.282 e. The zero-order chi connectivity index (χ0) is 14.4. The fourth-order valence-electron chi connectivity index (χ4n) is 2.30. The van der Waals surface area contributed by atoms with Crippen molar-refractivity contribution in [1.82, 2.24) is 20.4 Å². The molecule has 112 valence electrons. The Morgan fingerprint density at radius 1 is 1.45 bits per heavy atom. The molecule has 0 bridgehead atoms. The molecule has 1 unspecified atom stereocenters. The van der Waals surface area contributed by atoms with Gasteiger partial charge in [-0.3, -0.25) is 4.79 Å². The lowest BCUT2D eigenvalue weighted by atomic mass is 10.1. The van der Waals surface area contributed by atoms with Gasteiger partial charge in [-0.25, -0.2) is 0 Å². The molecule has 1 aliphatic heterocycles. The molecule has 2 rings (SSSR count). The Labute approximate surface area is 124 Å². The highest BCUT2D eigenvalue weighted by molar-refractivity contribution is 7.17. The van der Waals surface area contributed by atoms with Crippen LogP contribution in [0.2, 0.25) is 0 Å². The summed E-state index contributed by atoms with van der Waals surface area (Å²) < 4.78 is 0. The van der Waals surface area contributed by atoms with Crippen molar-refractivity contribution in [3.05, 3.63) is 5.01 Å². The average Bonchev–Trinajstić information content (AvgIpc) is 3.11. The SMILES string of the molecule is CCCNc1nnc(C(=O)NCC2CCN(CC)C2)s1. The van der Waals surface area contributed by atoms with Crippen LogP contribution in [0.1, 0.15) is 36.5 Å². The van der Waals surface area contributed by atoms with Crippen LogP contribution in [0, 0.1) is 5.92 Å².